The molecule has 1 aliphatic heterocycles. The van der Waals surface area contributed by atoms with Crippen molar-refractivity contribution in [1.29, 1.82) is 0 Å². The van der Waals surface area contributed by atoms with Crippen LogP contribution in [0.2, 0.25) is 0 Å². The molecule has 5 heteroatoms. The number of benzene rings is 1. The molecule has 4 nitrogen and oxygen atoms in total. The van der Waals surface area contributed by atoms with Gasteiger partial charge in [0, 0.05) is 18.5 Å². The Balaban J connectivity index is 0.00000242. The molecular formula is C17H27ClN2O2. The Hall–Kier alpha value is -1.10. The Morgan fingerprint density at radius 3 is 2.45 bits per heavy atom. The van der Waals surface area contributed by atoms with Crippen molar-refractivity contribution >= 4 is 18.3 Å². The van der Waals surface area contributed by atoms with Gasteiger partial charge in [-0.15, -0.1) is 12.4 Å². The average Bonchev–Trinajstić information content (AvgIpc) is 2.96. The Morgan fingerprint density at radius 2 is 1.95 bits per heavy atom. The van der Waals surface area contributed by atoms with E-state index in [4.69, 9.17) is 0 Å². The van der Waals surface area contributed by atoms with E-state index in [0.717, 1.165) is 12.8 Å². The molecule has 1 aliphatic rings. The van der Waals surface area contributed by atoms with Crippen LogP contribution in [0, 0.1) is 0 Å². The summed E-state index contributed by atoms with van der Waals surface area (Å²) >= 11 is 0. The third-order valence-electron chi connectivity index (χ3n) is 4.76. The van der Waals surface area contributed by atoms with E-state index in [-0.39, 0.29) is 29.8 Å². The van der Waals surface area contributed by atoms with Crippen molar-refractivity contribution in [2.45, 2.75) is 50.7 Å². The molecule has 2 rings (SSSR count). The molecule has 1 amide bonds. The number of nitrogens with one attached hydrogen (secondary N) is 2. The number of halogens is 1. The first-order chi connectivity index (χ1) is 10.1. The van der Waals surface area contributed by atoms with Crippen molar-refractivity contribution < 1.29 is 9.90 Å². The largest absolute Gasteiger partial charge is 0.392 e. The standard InChI is InChI=1S/C17H26N2O2.ClH/c1-3-17(4-2,13-8-6-5-7-9-13)12-19-16(21)15-10-14(20)11-18-15;/h5-9,14-15,18,20H,3-4,10-12H2,1-2H3,(H,19,21);1H. The van der Waals surface area contributed by atoms with Crippen LogP contribution in [0.3, 0.4) is 0 Å². The summed E-state index contributed by atoms with van der Waals surface area (Å²) in [5.41, 5.74) is 1.25. The van der Waals surface area contributed by atoms with Crippen LogP contribution < -0.4 is 10.6 Å². The zero-order valence-corrected chi connectivity index (χ0v) is 14.2. The van der Waals surface area contributed by atoms with Crippen molar-refractivity contribution in [2.24, 2.45) is 0 Å². The zero-order chi connectivity index (χ0) is 15.3. The fourth-order valence-corrected chi connectivity index (χ4v) is 3.10. The predicted molar refractivity (Wildman–Crippen MR) is 91.4 cm³/mol. The first-order valence-corrected chi connectivity index (χ1v) is 7.86. The van der Waals surface area contributed by atoms with Gasteiger partial charge in [0.05, 0.1) is 12.1 Å². The van der Waals surface area contributed by atoms with Gasteiger partial charge in [-0.05, 0) is 24.8 Å². The minimum Gasteiger partial charge on any atom is -0.392 e. The molecular weight excluding hydrogens is 300 g/mol. The van der Waals surface area contributed by atoms with E-state index < -0.39 is 6.10 Å². The number of hydrogen-bond donors (Lipinski definition) is 3. The predicted octanol–water partition coefficient (Wildman–Crippen LogP) is 2.01. The molecule has 2 atom stereocenters. The second-order valence-electron chi connectivity index (χ2n) is 5.92. The van der Waals surface area contributed by atoms with E-state index in [1.54, 1.807) is 0 Å². The number of aliphatic hydroxyl groups excluding tert-OH is 1. The molecule has 0 radical (unpaired) electrons. The molecule has 0 aromatic heterocycles. The fraction of sp³-hybridized carbons (Fsp3) is 0.588. The molecule has 124 valence electrons. The van der Waals surface area contributed by atoms with Crippen molar-refractivity contribution in [2.75, 3.05) is 13.1 Å². The SMILES string of the molecule is CCC(CC)(CNC(=O)C1CC(O)CN1)c1ccccc1.Cl. The van der Waals surface area contributed by atoms with Crippen LogP contribution >= 0.6 is 12.4 Å². The zero-order valence-electron chi connectivity index (χ0n) is 13.3. The summed E-state index contributed by atoms with van der Waals surface area (Å²) in [5.74, 6) is -0.00578. The van der Waals surface area contributed by atoms with Gasteiger partial charge in [0.25, 0.3) is 0 Å². The summed E-state index contributed by atoms with van der Waals surface area (Å²) in [6, 6.07) is 10.1. The highest BCUT2D eigenvalue weighted by molar-refractivity contribution is 5.85. The summed E-state index contributed by atoms with van der Waals surface area (Å²) in [6.07, 6.45) is 2.06. The first-order valence-electron chi connectivity index (χ1n) is 7.86. The first kappa shape index (κ1) is 18.9. The van der Waals surface area contributed by atoms with Crippen molar-refractivity contribution in [1.82, 2.24) is 10.6 Å². The lowest BCUT2D eigenvalue weighted by Crippen LogP contribution is -2.46. The third-order valence-corrected chi connectivity index (χ3v) is 4.76. The highest BCUT2D eigenvalue weighted by Crippen LogP contribution is 2.30. The lowest BCUT2D eigenvalue weighted by atomic mass is 9.76. The second kappa shape index (κ2) is 8.51. The van der Waals surface area contributed by atoms with E-state index in [9.17, 15) is 9.90 Å². The normalized spacial score (nSPS) is 21.2. The third kappa shape index (κ3) is 4.22. The summed E-state index contributed by atoms with van der Waals surface area (Å²) in [5, 5.41) is 15.6. The number of aliphatic hydroxyl groups is 1. The van der Waals surface area contributed by atoms with Gasteiger partial charge in [0.1, 0.15) is 0 Å². The molecule has 1 heterocycles. The summed E-state index contributed by atoms with van der Waals surface area (Å²) < 4.78 is 0. The summed E-state index contributed by atoms with van der Waals surface area (Å²) in [7, 11) is 0. The Morgan fingerprint density at radius 1 is 1.32 bits per heavy atom. The van der Waals surface area contributed by atoms with Crippen LogP contribution in [0.15, 0.2) is 30.3 Å². The van der Waals surface area contributed by atoms with E-state index in [2.05, 4.69) is 36.6 Å². The van der Waals surface area contributed by atoms with E-state index in [1.165, 1.54) is 5.56 Å². The Labute approximate surface area is 139 Å². The minimum absolute atomic E-state index is 0. The van der Waals surface area contributed by atoms with Gasteiger partial charge in [-0.2, -0.15) is 0 Å². The van der Waals surface area contributed by atoms with Crippen LogP contribution in [-0.2, 0) is 10.2 Å². The minimum atomic E-state index is -0.406. The Bertz CT molecular complexity index is 463. The van der Waals surface area contributed by atoms with Crippen molar-refractivity contribution in [3.63, 3.8) is 0 Å². The summed E-state index contributed by atoms with van der Waals surface area (Å²) in [4.78, 5) is 12.2. The molecule has 22 heavy (non-hydrogen) atoms. The Kier molecular flexibility index (Phi) is 7.33. The fourth-order valence-electron chi connectivity index (χ4n) is 3.10. The summed E-state index contributed by atoms with van der Waals surface area (Å²) in [6.45, 7) is 5.47. The van der Waals surface area contributed by atoms with E-state index in [0.29, 0.717) is 19.5 Å². The monoisotopic (exact) mass is 326 g/mol. The number of β-amino-alcohol motifs (C(OH)–C–C–N with tert-alkyl or cyclic N) is 1. The lowest BCUT2D eigenvalue weighted by Gasteiger charge is -2.33. The maximum absolute atomic E-state index is 12.2. The number of carbonyl (C=O) groups is 1. The highest BCUT2D eigenvalue weighted by atomic mass is 35.5. The number of rotatable bonds is 6. The molecule has 1 aromatic carbocycles. The van der Waals surface area contributed by atoms with Gasteiger partial charge in [-0.25, -0.2) is 0 Å². The average molecular weight is 327 g/mol. The molecule has 0 spiro atoms. The van der Waals surface area contributed by atoms with Gasteiger partial charge < -0.3 is 15.7 Å². The maximum atomic E-state index is 12.2. The number of hydrogen-bond acceptors (Lipinski definition) is 3. The van der Waals surface area contributed by atoms with Crippen LogP contribution in [0.25, 0.3) is 0 Å². The lowest BCUT2D eigenvalue weighted by molar-refractivity contribution is -0.123. The van der Waals surface area contributed by atoms with Gasteiger partial charge in [0.2, 0.25) is 5.91 Å². The molecule has 0 aliphatic carbocycles. The van der Waals surface area contributed by atoms with Crippen LogP contribution in [0.1, 0.15) is 38.7 Å². The molecule has 1 aromatic rings. The molecule has 3 N–H and O–H groups in total. The van der Waals surface area contributed by atoms with Gasteiger partial charge in [0.15, 0.2) is 0 Å². The topological polar surface area (TPSA) is 61.4 Å². The van der Waals surface area contributed by atoms with Crippen molar-refractivity contribution in [3.8, 4) is 0 Å². The maximum Gasteiger partial charge on any atom is 0.237 e. The molecule has 0 bridgehead atoms. The van der Waals surface area contributed by atoms with Gasteiger partial charge >= 0.3 is 0 Å². The molecule has 1 saturated heterocycles. The van der Waals surface area contributed by atoms with Gasteiger partial charge in [-0.1, -0.05) is 44.2 Å². The smallest absolute Gasteiger partial charge is 0.237 e. The quantitative estimate of drug-likeness (QED) is 0.749. The number of carbonyl (C=O) groups excluding carboxylic acids is 1. The second-order valence-corrected chi connectivity index (χ2v) is 5.92. The van der Waals surface area contributed by atoms with Crippen molar-refractivity contribution in [3.05, 3.63) is 35.9 Å². The molecule has 1 fully saturated rings. The van der Waals surface area contributed by atoms with Crippen LogP contribution in [-0.4, -0.2) is 36.2 Å². The van der Waals surface area contributed by atoms with Crippen LogP contribution in [0.5, 0.6) is 0 Å². The van der Waals surface area contributed by atoms with Crippen LogP contribution in [0.4, 0.5) is 0 Å². The molecule has 2 unspecified atom stereocenters. The van der Waals surface area contributed by atoms with E-state index >= 15 is 0 Å². The highest BCUT2D eigenvalue weighted by Gasteiger charge is 2.32. The van der Waals surface area contributed by atoms with Gasteiger partial charge in [-0.3, -0.25) is 4.79 Å². The van der Waals surface area contributed by atoms with E-state index in [1.807, 2.05) is 18.2 Å². The molecule has 0 saturated carbocycles. The number of amides is 1.